The molecule has 0 spiro atoms. The van der Waals surface area contributed by atoms with Crippen molar-refractivity contribution in [3.05, 3.63) is 0 Å². The Morgan fingerprint density at radius 2 is 1.95 bits per heavy atom. The van der Waals surface area contributed by atoms with Gasteiger partial charge in [0.1, 0.15) is 0 Å². The molecule has 6 nitrogen and oxygen atoms in total. The van der Waals surface area contributed by atoms with Gasteiger partial charge in [-0.2, -0.15) is 0 Å². The van der Waals surface area contributed by atoms with Gasteiger partial charge in [0.05, 0.1) is 6.42 Å². The lowest BCUT2D eigenvalue weighted by Crippen LogP contribution is -2.46. The quantitative estimate of drug-likeness (QED) is 0.770. The Bertz CT molecular complexity index is 351. The molecule has 1 saturated heterocycles. The van der Waals surface area contributed by atoms with Crippen molar-refractivity contribution in [1.29, 1.82) is 0 Å². The average molecular weight is 284 g/mol. The van der Waals surface area contributed by atoms with E-state index in [2.05, 4.69) is 5.32 Å². The summed E-state index contributed by atoms with van der Waals surface area (Å²) < 4.78 is 5.31. The summed E-state index contributed by atoms with van der Waals surface area (Å²) in [6.45, 7) is 2.24. The van der Waals surface area contributed by atoms with Gasteiger partial charge in [0.15, 0.2) is 0 Å². The van der Waals surface area contributed by atoms with Gasteiger partial charge in [0, 0.05) is 32.8 Å². The van der Waals surface area contributed by atoms with Crippen LogP contribution in [0.5, 0.6) is 0 Å². The summed E-state index contributed by atoms with van der Waals surface area (Å²) in [6.07, 6.45) is 4.02. The molecular weight excluding hydrogens is 260 g/mol. The van der Waals surface area contributed by atoms with Gasteiger partial charge in [-0.15, -0.1) is 0 Å². The standard InChI is InChI=1S/C14H24N2O4/c1-16(9-10-4-6-20-7-5-10)14(19)15-12(8-13(17)18)11-2-3-11/h10-12H,2-9H2,1H3,(H,15,19)(H,17,18). The average Bonchev–Trinajstić information content (AvgIpc) is 3.22. The number of rotatable bonds is 6. The fourth-order valence-corrected chi connectivity index (χ4v) is 2.69. The fourth-order valence-electron chi connectivity index (χ4n) is 2.69. The maximum Gasteiger partial charge on any atom is 0.317 e. The van der Waals surface area contributed by atoms with Crippen LogP contribution in [0.4, 0.5) is 4.79 Å². The van der Waals surface area contributed by atoms with E-state index in [1.165, 1.54) is 0 Å². The number of amides is 2. The first-order valence-corrected chi connectivity index (χ1v) is 7.37. The van der Waals surface area contributed by atoms with Crippen molar-refractivity contribution in [2.24, 2.45) is 11.8 Å². The second kappa shape index (κ2) is 6.92. The van der Waals surface area contributed by atoms with Crippen LogP contribution >= 0.6 is 0 Å². The van der Waals surface area contributed by atoms with E-state index < -0.39 is 5.97 Å². The predicted molar refractivity (Wildman–Crippen MR) is 73.5 cm³/mol. The molecule has 2 fully saturated rings. The van der Waals surface area contributed by atoms with Crippen LogP contribution in [0.1, 0.15) is 32.1 Å². The number of carbonyl (C=O) groups is 2. The highest BCUT2D eigenvalue weighted by atomic mass is 16.5. The highest BCUT2D eigenvalue weighted by molar-refractivity contribution is 5.75. The molecule has 0 aromatic carbocycles. The largest absolute Gasteiger partial charge is 0.481 e. The highest BCUT2D eigenvalue weighted by Gasteiger charge is 2.34. The Hall–Kier alpha value is -1.30. The minimum absolute atomic E-state index is 0.0154. The van der Waals surface area contributed by atoms with Gasteiger partial charge >= 0.3 is 12.0 Å². The SMILES string of the molecule is CN(CC1CCOCC1)C(=O)NC(CC(=O)O)C1CC1. The summed E-state index contributed by atoms with van der Waals surface area (Å²) in [5.74, 6) is -0.0286. The zero-order valence-corrected chi connectivity index (χ0v) is 12.0. The van der Waals surface area contributed by atoms with Gasteiger partial charge < -0.3 is 20.1 Å². The number of urea groups is 1. The van der Waals surface area contributed by atoms with Crippen LogP contribution in [0.15, 0.2) is 0 Å². The molecule has 1 unspecified atom stereocenters. The maximum absolute atomic E-state index is 12.1. The summed E-state index contributed by atoms with van der Waals surface area (Å²) in [4.78, 5) is 24.6. The third-order valence-electron chi connectivity index (χ3n) is 4.11. The smallest absolute Gasteiger partial charge is 0.317 e. The van der Waals surface area contributed by atoms with E-state index in [-0.39, 0.29) is 18.5 Å². The molecule has 2 amide bonds. The number of nitrogens with one attached hydrogen (secondary N) is 1. The fraction of sp³-hybridized carbons (Fsp3) is 0.857. The van der Waals surface area contributed by atoms with Crippen molar-refractivity contribution in [1.82, 2.24) is 10.2 Å². The summed E-state index contributed by atoms with van der Waals surface area (Å²) >= 11 is 0. The van der Waals surface area contributed by atoms with Crippen LogP contribution in [-0.2, 0) is 9.53 Å². The van der Waals surface area contributed by atoms with Crippen LogP contribution in [0.25, 0.3) is 0 Å². The van der Waals surface area contributed by atoms with Crippen LogP contribution in [0.2, 0.25) is 0 Å². The first-order valence-electron chi connectivity index (χ1n) is 7.37. The molecule has 1 saturated carbocycles. The molecule has 114 valence electrons. The number of ether oxygens (including phenoxy) is 1. The Balaban J connectivity index is 1.77. The zero-order chi connectivity index (χ0) is 14.5. The molecule has 1 heterocycles. The van der Waals surface area contributed by atoms with Crippen molar-refractivity contribution in [2.75, 3.05) is 26.8 Å². The number of carboxylic acids is 1. The number of nitrogens with zero attached hydrogens (tertiary/aromatic N) is 1. The molecule has 0 bridgehead atoms. The Morgan fingerprint density at radius 1 is 1.30 bits per heavy atom. The van der Waals surface area contributed by atoms with Crippen molar-refractivity contribution in [3.8, 4) is 0 Å². The summed E-state index contributed by atoms with van der Waals surface area (Å²) in [6, 6.07) is -0.383. The van der Waals surface area contributed by atoms with E-state index in [0.717, 1.165) is 38.9 Å². The Morgan fingerprint density at radius 3 is 2.50 bits per heavy atom. The number of hydrogen-bond donors (Lipinski definition) is 2. The second-order valence-electron chi connectivity index (χ2n) is 5.93. The van der Waals surface area contributed by atoms with Gasteiger partial charge in [-0.1, -0.05) is 0 Å². The van der Waals surface area contributed by atoms with Crippen LogP contribution in [0.3, 0.4) is 0 Å². The molecule has 1 aliphatic carbocycles. The molecule has 6 heteroatoms. The second-order valence-corrected chi connectivity index (χ2v) is 5.93. The van der Waals surface area contributed by atoms with E-state index in [1.807, 2.05) is 0 Å². The van der Waals surface area contributed by atoms with Gasteiger partial charge in [0.2, 0.25) is 0 Å². The van der Waals surface area contributed by atoms with Crippen molar-refractivity contribution >= 4 is 12.0 Å². The molecule has 0 radical (unpaired) electrons. The van der Waals surface area contributed by atoms with Gasteiger partial charge in [-0.3, -0.25) is 4.79 Å². The molecule has 1 aliphatic heterocycles. The van der Waals surface area contributed by atoms with E-state index in [9.17, 15) is 9.59 Å². The zero-order valence-electron chi connectivity index (χ0n) is 12.0. The topological polar surface area (TPSA) is 78.9 Å². The molecule has 0 aromatic rings. The number of aliphatic carboxylic acids is 1. The maximum atomic E-state index is 12.1. The summed E-state index contributed by atoms with van der Waals surface area (Å²) in [5, 5.41) is 11.8. The van der Waals surface area contributed by atoms with Gasteiger partial charge in [0.25, 0.3) is 0 Å². The van der Waals surface area contributed by atoms with E-state index in [1.54, 1.807) is 11.9 Å². The molecule has 2 aliphatic rings. The van der Waals surface area contributed by atoms with Gasteiger partial charge in [-0.05, 0) is 37.5 Å². The van der Waals surface area contributed by atoms with Crippen molar-refractivity contribution in [3.63, 3.8) is 0 Å². The third kappa shape index (κ3) is 4.67. The predicted octanol–water partition coefficient (Wildman–Crippen LogP) is 1.31. The number of hydrogen-bond acceptors (Lipinski definition) is 3. The van der Waals surface area contributed by atoms with Crippen LogP contribution < -0.4 is 5.32 Å². The molecular formula is C14H24N2O4. The van der Waals surface area contributed by atoms with Crippen LogP contribution in [0, 0.1) is 11.8 Å². The first-order chi connectivity index (χ1) is 9.56. The molecule has 2 N–H and O–H groups in total. The molecule has 1 atom stereocenters. The van der Waals surface area contributed by atoms with Crippen molar-refractivity contribution < 1.29 is 19.4 Å². The lowest BCUT2D eigenvalue weighted by Gasteiger charge is -2.28. The third-order valence-corrected chi connectivity index (χ3v) is 4.11. The molecule has 2 rings (SSSR count). The first kappa shape index (κ1) is 15.1. The Kier molecular flexibility index (Phi) is 5.23. The van der Waals surface area contributed by atoms with E-state index in [0.29, 0.717) is 18.4 Å². The normalized spacial score (nSPS) is 21.2. The lowest BCUT2D eigenvalue weighted by molar-refractivity contribution is -0.137. The molecule has 20 heavy (non-hydrogen) atoms. The number of carbonyl (C=O) groups excluding carboxylic acids is 1. The monoisotopic (exact) mass is 284 g/mol. The van der Waals surface area contributed by atoms with E-state index in [4.69, 9.17) is 9.84 Å². The van der Waals surface area contributed by atoms with E-state index >= 15 is 0 Å². The number of carboxylic acid groups (broad SMARTS) is 1. The minimum Gasteiger partial charge on any atom is -0.481 e. The summed E-state index contributed by atoms with van der Waals surface area (Å²) in [5.41, 5.74) is 0. The van der Waals surface area contributed by atoms with Gasteiger partial charge in [-0.25, -0.2) is 4.79 Å². The van der Waals surface area contributed by atoms with Crippen LogP contribution in [-0.4, -0.2) is 54.9 Å². The Labute approximate surface area is 119 Å². The summed E-state index contributed by atoms with van der Waals surface area (Å²) in [7, 11) is 1.77. The minimum atomic E-state index is -0.853. The van der Waals surface area contributed by atoms with Crippen molar-refractivity contribution in [2.45, 2.75) is 38.1 Å². The highest BCUT2D eigenvalue weighted by Crippen LogP contribution is 2.34. The molecule has 0 aromatic heterocycles. The lowest BCUT2D eigenvalue weighted by atomic mass is 10.00.